The van der Waals surface area contributed by atoms with Gasteiger partial charge in [0.25, 0.3) is 0 Å². The quantitative estimate of drug-likeness (QED) is 0.403. The number of hydrogen-bond donors (Lipinski definition) is 0. The fraction of sp³-hybridized carbons (Fsp3) is 0.375. The van der Waals surface area contributed by atoms with E-state index in [9.17, 15) is 0 Å². The molecule has 0 saturated heterocycles. The van der Waals surface area contributed by atoms with E-state index in [0.29, 0.717) is 0 Å². The highest BCUT2D eigenvalue weighted by atomic mass is 14.6. The SMILES string of the molecule is C=C(C=CC=NC)CC. The van der Waals surface area contributed by atoms with E-state index in [-0.39, 0.29) is 0 Å². The van der Waals surface area contributed by atoms with Gasteiger partial charge in [0.15, 0.2) is 0 Å². The normalized spacial score (nSPS) is 11.3. The Labute approximate surface area is 56.8 Å². The molecule has 0 aromatic rings. The van der Waals surface area contributed by atoms with Gasteiger partial charge in [-0.05, 0) is 12.5 Å². The molecule has 0 aromatic carbocycles. The van der Waals surface area contributed by atoms with Gasteiger partial charge in [0.05, 0.1) is 0 Å². The lowest BCUT2D eigenvalue weighted by atomic mass is 10.2. The van der Waals surface area contributed by atoms with Crippen LogP contribution in [0.2, 0.25) is 0 Å². The Morgan fingerprint density at radius 2 is 2.33 bits per heavy atom. The van der Waals surface area contributed by atoms with Gasteiger partial charge in [-0.15, -0.1) is 0 Å². The summed E-state index contributed by atoms with van der Waals surface area (Å²) in [6.45, 7) is 5.88. The van der Waals surface area contributed by atoms with Crippen molar-refractivity contribution in [3.63, 3.8) is 0 Å². The number of allylic oxidation sites excluding steroid dienone is 3. The summed E-state index contributed by atoms with van der Waals surface area (Å²) in [6, 6.07) is 0. The molecule has 0 aliphatic carbocycles. The summed E-state index contributed by atoms with van der Waals surface area (Å²) >= 11 is 0. The van der Waals surface area contributed by atoms with E-state index < -0.39 is 0 Å². The van der Waals surface area contributed by atoms with Gasteiger partial charge in [-0.3, -0.25) is 4.99 Å². The molecule has 0 aliphatic rings. The molecule has 0 spiro atoms. The summed E-state index contributed by atoms with van der Waals surface area (Å²) in [7, 11) is 1.75. The fourth-order valence-electron chi connectivity index (χ4n) is 0.383. The maximum Gasteiger partial charge on any atom is 0.0277 e. The summed E-state index contributed by atoms with van der Waals surface area (Å²) in [6.07, 6.45) is 6.62. The Kier molecular flexibility index (Phi) is 4.79. The molecule has 1 heteroatoms. The van der Waals surface area contributed by atoms with Crippen molar-refractivity contribution in [2.24, 2.45) is 4.99 Å². The first-order valence-electron chi connectivity index (χ1n) is 3.07. The van der Waals surface area contributed by atoms with Gasteiger partial charge >= 0.3 is 0 Å². The second kappa shape index (κ2) is 5.29. The van der Waals surface area contributed by atoms with Crippen LogP contribution in [0, 0.1) is 0 Å². The minimum Gasteiger partial charge on any atom is -0.297 e. The molecule has 0 aliphatic heterocycles. The first-order valence-corrected chi connectivity index (χ1v) is 3.07. The van der Waals surface area contributed by atoms with Crippen molar-refractivity contribution < 1.29 is 0 Å². The van der Waals surface area contributed by atoms with E-state index in [1.807, 2.05) is 12.2 Å². The standard InChI is InChI=1S/C8H13N/c1-4-8(2)6-5-7-9-3/h5-7H,2,4H2,1,3H3. The molecule has 50 valence electrons. The predicted molar refractivity (Wildman–Crippen MR) is 43.0 cm³/mol. The highest BCUT2D eigenvalue weighted by molar-refractivity contribution is 5.71. The number of nitrogens with zero attached hydrogens (tertiary/aromatic N) is 1. The zero-order valence-corrected chi connectivity index (χ0v) is 6.09. The maximum absolute atomic E-state index is 3.80. The summed E-state index contributed by atoms with van der Waals surface area (Å²) in [5.74, 6) is 0. The molecule has 0 bridgehead atoms. The van der Waals surface area contributed by atoms with Gasteiger partial charge in [0, 0.05) is 13.3 Å². The largest absolute Gasteiger partial charge is 0.297 e. The van der Waals surface area contributed by atoms with Crippen LogP contribution in [0.15, 0.2) is 29.3 Å². The fourth-order valence-corrected chi connectivity index (χ4v) is 0.383. The molecule has 1 nitrogen and oxygen atoms in total. The van der Waals surface area contributed by atoms with Crippen molar-refractivity contribution in [2.75, 3.05) is 7.05 Å². The highest BCUT2D eigenvalue weighted by Crippen LogP contribution is 1.95. The van der Waals surface area contributed by atoms with Crippen LogP contribution in [0.5, 0.6) is 0 Å². The van der Waals surface area contributed by atoms with Crippen molar-refractivity contribution in [2.45, 2.75) is 13.3 Å². The lowest BCUT2D eigenvalue weighted by Crippen LogP contribution is -1.69. The zero-order chi connectivity index (χ0) is 7.11. The Morgan fingerprint density at radius 3 is 2.78 bits per heavy atom. The van der Waals surface area contributed by atoms with Crippen LogP contribution in [0.25, 0.3) is 0 Å². The Balaban J connectivity index is 3.57. The zero-order valence-electron chi connectivity index (χ0n) is 6.09. The second-order valence-corrected chi connectivity index (χ2v) is 1.78. The third-order valence-corrected chi connectivity index (χ3v) is 1.02. The lowest BCUT2D eigenvalue weighted by molar-refractivity contribution is 1.16. The number of aliphatic imine (C=N–C) groups is 1. The summed E-state index contributed by atoms with van der Waals surface area (Å²) in [4.78, 5) is 3.79. The van der Waals surface area contributed by atoms with Gasteiger partial charge in [-0.25, -0.2) is 0 Å². The van der Waals surface area contributed by atoms with E-state index in [4.69, 9.17) is 0 Å². The average Bonchev–Trinajstić information content (AvgIpc) is 1.89. The second-order valence-electron chi connectivity index (χ2n) is 1.78. The van der Waals surface area contributed by atoms with Crippen LogP contribution >= 0.6 is 0 Å². The van der Waals surface area contributed by atoms with Gasteiger partial charge in [0.2, 0.25) is 0 Å². The molecule has 0 saturated carbocycles. The Morgan fingerprint density at radius 1 is 1.67 bits per heavy atom. The summed E-state index contributed by atoms with van der Waals surface area (Å²) in [5.41, 5.74) is 1.13. The van der Waals surface area contributed by atoms with Crippen molar-refractivity contribution in [1.29, 1.82) is 0 Å². The Bertz CT molecular complexity index is 132. The van der Waals surface area contributed by atoms with Crippen molar-refractivity contribution in [3.8, 4) is 0 Å². The molecule has 9 heavy (non-hydrogen) atoms. The Hall–Kier alpha value is -0.850. The third kappa shape index (κ3) is 5.01. The molecule has 0 rings (SSSR count). The van der Waals surface area contributed by atoms with E-state index in [2.05, 4.69) is 18.5 Å². The van der Waals surface area contributed by atoms with Gasteiger partial charge in [0.1, 0.15) is 0 Å². The predicted octanol–water partition coefficient (Wildman–Crippen LogP) is 2.21. The minimum atomic E-state index is 1.01. The summed E-state index contributed by atoms with van der Waals surface area (Å²) in [5, 5.41) is 0. The van der Waals surface area contributed by atoms with Crippen LogP contribution in [0.3, 0.4) is 0 Å². The number of rotatable bonds is 3. The molecule has 0 unspecified atom stereocenters. The smallest absolute Gasteiger partial charge is 0.0277 e. The first-order chi connectivity index (χ1) is 4.31. The van der Waals surface area contributed by atoms with Gasteiger partial charge < -0.3 is 0 Å². The van der Waals surface area contributed by atoms with E-state index in [1.54, 1.807) is 13.3 Å². The van der Waals surface area contributed by atoms with Crippen LogP contribution < -0.4 is 0 Å². The highest BCUT2D eigenvalue weighted by Gasteiger charge is 1.76. The molecule has 0 amide bonds. The first kappa shape index (κ1) is 8.15. The monoisotopic (exact) mass is 123 g/mol. The van der Waals surface area contributed by atoms with Crippen LogP contribution in [0.4, 0.5) is 0 Å². The molecule has 0 atom stereocenters. The van der Waals surface area contributed by atoms with Gasteiger partial charge in [-0.2, -0.15) is 0 Å². The topological polar surface area (TPSA) is 12.4 Å². The molecular weight excluding hydrogens is 110 g/mol. The number of hydrogen-bond acceptors (Lipinski definition) is 1. The minimum absolute atomic E-state index is 1.01. The van der Waals surface area contributed by atoms with Crippen LogP contribution in [-0.4, -0.2) is 13.3 Å². The molecular formula is C8H13N. The van der Waals surface area contributed by atoms with E-state index in [0.717, 1.165) is 12.0 Å². The van der Waals surface area contributed by atoms with Crippen LogP contribution in [0.1, 0.15) is 13.3 Å². The van der Waals surface area contributed by atoms with E-state index >= 15 is 0 Å². The molecule has 0 aromatic heterocycles. The molecule has 0 radical (unpaired) electrons. The van der Waals surface area contributed by atoms with Crippen molar-refractivity contribution in [3.05, 3.63) is 24.3 Å². The lowest BCUT2D eigenvalue weighted by Gasteiger charge is -1.86. The molecule has 0 N–H and O–H groups in total. The molecule has 0 heterocycles. The maximum atomic E-state index is 3.80. The average molecular weight is 123 g/mol. The van der Waals surface area contributed by atoms with Gasteiger partial charge in [-0.1, -0.05) is 25.2 Å². The van der Waals surface area contributed by atoms with Crippen molar-refractivity contribution >= 4 is 6.21 Å². The third-order valence-electron chi connectivity index (χ3n) is 1.02. The summed E-state index contributed by atoms with van der Waals surface area (Å²) < 4.78 is 0. The van der Waals surface area contributed by atoms with Crippen LogP contribution in [-0.2, 0) is 0 Å². The van der Waals surface area contributed by atoms with E-state index in [1.165, 1.54) is 0 Å². The van der Waals surface area contributed by atoms with Crippen molar-refractivity contribution in [1.82, 2.24) is 0 Å². The molecule has 0 fully saturated rings.